The Morgan fingerprint density at radius 1 is 1.00 bits per heavy atom. The minimum absolute atomic E-state index is 0.0697. The number of hydrogen-bond donors (Lipinski definition) is 1. The van der Waals surface area contributed by atoms with Gasteiger partial charge in [0, 0.05) is 28.1 Å². The van der Waals surface area contributed by atoms with E-state index in [1.54, 1.807) is 11.9 Å². The molecule has 0 aromatic heterocycles. The number of benzene rings is 3. The Hall–Kier alpha value is -2.46. The molecule has 0 fully saturated rings. The van der Waals surface area contributed by atoms with Crippen molar-refractivity contribution in [3.63, 3.8) is 0 Å². The molecule has 4 rings (SSSR count). The predicted octanol–water partition coefficient (Wildman–Crippen LogP) is 6.24. The SMILES string of the molecule is CCN1C(=O)c2cccc3c(SNc4ccccc4C(C)(C)C)ccc1c23. The third kappa shape index (κ3) is 2.98. The molecular formula is C23H24N2OS. The fourth-order valence-electron chi connectivity index (χ4n) is 3.76. The van der Waals surface area contributed by atoms with Crippen LogP contribution in [-0.2, 0) is 5.41 Å². The number of nitrogens with one attached hydrogen (secondary N) is 1. The van der Waals surface area contributed by atoms with Crippen LogP contribution >= 0.6 is 11.9 Å². The molecule has 3 aromatic carbocycles. The van der Waals surface area contributed by atoms with Gasteiger partial charge in [0.15, 0.2) is 0 Å². The molecule has 3 nitrogen and oxygen atoms in total. The first-order chi connectivity index (χ1) is 12.9. The minimum atomic E-state index is 0.0697. The van der Waals surface area contributed by atoms with Crippen LogP contribution in [0.2, 0.25) is 0 Å². The molecule has 0 bridgehead atoms. The maximum atomic E-state index is 12.7. The second-order valence-corrected chi connectivity index (χ2v) is 8.71. The predicted molar refractivity (Wildman–Crippen MR) is 116 cm³/mol. The van der Waals surface area contributed by atoms with E-state index in [1.807, 2.05) is 24.0 Å². The zero-order chi connectivity index (χ0) is 19.2. The van der Waals surface area contributed by atoms with Crippen LogP contribution in [0.15, 0.2) is 59.5 Å². The first kappa shape index (κ1) is 17.9. The van der Waals surface area contributed by atoms with E-state index in [9.17, 15) is 4.79 Å². The van der Waals surface area contributed by atoms with Gasteiger partial charge in [0.05, 0.1) is 5.69 Å². The molecule has 1 aliphatic heterocycles. The highest BCUT2D eigenvalue weighted by Gasteiger charge is 2.29. The summed E-state index contributed by atoms with van der Waals surface area (Å²) in [5.74, 6) is 0.103. The first-order valence-electron chi connectivity index (χ1n) is 9.31. The molecule has 0 saturated heterocycles. The maximum Gasteiger partial charge on any atom is 0.258 e. The third-order valence-electron chi connectivity index (χ3n) is 5.07. The fraction of sp³-hybridized carbons (Fsp3) is 0.261. The van der Waals surface area contributed by atoms with Crippen molar-refractivity contribution in [1.82, 2.24) is 0 Å². The summed E-state index contributed by atoms with van der Waals surface area (Å²) < 4.78 is 3.54. The van der Waals surface area contributed by atoms with Crippen LogP contribution in [0.4, 0.5) is 11.4 Å². The summed E-state index contributed by atoms with van der Waals surface area (Å²) in [5.41, 5.74) is 4.31. The van der Waals surface area contributed by atoms with Crippen LogP contribution in [-0.4, -0.2) is 12.5 Å². The lowest BCUT2D eigenvalue weighted by atomic mass is 9.86. The summed E-state index contributed by atoms with van der Waals surface area (Å²) in [5, 5.41) is 2.19. The highest BCUT2D eigenvalue weighted by molar-refractivity contribution is 8.00. The molecule has 1 heterocycles. The lowest BCUT2D eigenvalue weighted by Crippen LogP contribution is -2.25. The van der Waals surface area contributed by atoms with Crippen LogP contribution in [0.5, 0.6) is 0 Å². The second kappa shape index (κ2) is 6.61. The van der Waals surface area contributed by atoms with Gasteiger partial charge in [0.2, 0.25) is 0 Å². The molecule has 1 amide bonds. The van der Waals surface area contributed by atoms with Crippen molar-refractivity contribution in [3.05, 3.63) is 65.7 Å². The Morgan fingerprint density at radius 3 is 2.52 bits per heavy atom. The minimum Gasteiger partial charge on any atom is -0.325 e. The average molecular weight is 377 g/mol. The summed E-state index contributed by atoms with van der Waals surface area (Å²) in [6, 6.07) is 18.6. The molecule has 0 atom stereocenters. The maximum absolute atomic E-state index is 12.7. The molecule has 1 aliphatic rings. The Kier molecular flexibility index (Phi) is 4.39. The van der Waals surface area contributed by atoms with Gasteiger partial charge in [-0.1, -0.05) is 51.1 Å². The average Bonchev–Trinajstić information content (AvgIpc) is 2.94. The van der Waals surface area contributed by atoms with E-state index in [0.29, 0.717) is 6.54 Å². The van der Waals surface area contributed by atoms with Crippen LogP contribution < -0.4 is 9.62 Å². The molecule has 1 N–H and O–H groups in total. The number of nitrogens with zero attached hydrogens (tertiary/aromatic N) is 1. The summed E-state index contributed by atoms with van der Waals surface area (Å²) in [4.78, 5) is 15.6. The van der Waals surface area contributed by atoms with Crippen LogP contribution in [0.1, 0.15) is 43.6 Å². The van der Waals surface area contributed by atoms with Crippen LogP contribution in [0, 0.1) is 0 Å². The molecular weight excluding hydrogens is 352 g/mol. The van der Waals surface area contributed by atoms with Gasteiger partial charge >= 0.3 is 0 Å². The Labute approximate surface area is 164 Å². The number of carbonyl (C=O) groups is 1. The van der Waals surface area contributed by atoms with Crippen molar-refractivity contribution in [2.24, 2.45) is 0 Å². The van der Waals surface area contributed by atoms with Gasteiger partial charge in [-0.05, 0) is 59.5 Å². The largest absolute Gasteiger partial charge is 0.325 e. The van der Waals surface area contributed by atoms with Crippen molar-refractivity contribution < 1.29 is 4.79 Å². The Morgan fingerprint density at radius 2 is 1.78 bits per heavy atom. The Bertz CT molecular complexity index is 1040. The standard InChI is InChI=1S/C23H24N2OS/c1-5-25-19-13-14-20(15-9-8-10-16(21(15)19)22(25)26)27-24-18-12-7-6-11-17(18)23(2,3)4/h6-14,24H,5H2,1-4H3. The number of hydrogen-bond acceptors (Lipinski definition) is 3. The van der Waals surface area contributed by atoms with E-state index >= 15 is 0 Å². The van der Waals surface area contributed by atoms with Crippen LogP contribution in [0.25, 0.3) is 10.8 Å². The molecule has 27 heavy (non-hydrogen) atoms. The van der Waals surface area contributed by atoms with E-state index in [0.717, 1.165) is 32.6 Å². The van der Waals surface area contributed by atoms with Crippen molar-refractivity contribution >= 4 is 40.0 Å². The van der Waals surface area contributed by atoms with E-state index < -0.39 is 0 Å². The van der Waals surface area contributed by atoms with Gasteiger partial charge in [-0.3, -0.25) is 4.79 Å². The molecule has 0 spiro atoms. The highest BCUT2D eigenvalue weighted by atomic mass is 32.2. The highest BCUT2D eigenvalue weighted by Crippen LogP contribution is 2.42. The molecule has 3 aromatic rings. The van der Waals surface area contributed by atoms with E-state index in [-0.39, 0.29) is 11.3 Å². The second-order valence-electron chi connectivity index (χ2n) is 7.86. The number of para-hydroxylation sites is 1. The lowest BCUT2D eigenvalue weighted by molar-refractivity contribution is 0.0994. The molecule has 0 unspecified atom stereocenters. The van der Waals surface area contributed by atoms with Crippen molar-refractivity contribution in [1.29, 1.82) is 0 Å². The molecule has 138 valence electrons. The fourth-order valence-corrected chi connectivity index (χ4v) is 4.57. The molecule has 0 radical (unpaired) electrons. The van der Waals surface area contributed by atoms with Crippen LogP contribution in [0.3, 0.4) is 0 Å². The summed E-state index contributed by atoms with van der Waals surface area (Å²) in [7, 11) is 0. The quantitative estimate of drug-likeness (QED) is 0.547. The van der Waals surface area contributed by atoms with Gasteiger partial charge < -0.3 is 9.62 Å². The monoisotopic (exact) mass is 376 g/mol. The summed E-state index contributed by atoms with van der Waals surface area (Å²) >= 11 is 1.61. The normalized spacial score (nSPS) is 13.5. The van der Waals surface area contributed by atoms with Gasteiger partial charge in [-0.25, -0.2) is 0 Å². The van der Waals surface area contributed by atoms with Gasteiger partial charge in [0.1, 0.15) is 0 Å². The lowest BCUT2D eigenvalue weighted by Gasteiger charge is -2.23. The van der Waals surface area contributed by atoms with Crippen molar-refractivity contribution in [3.8, 4) is 0 Å². The number of carbonyl (C=O) groups excluding carboxylic acids is 1. The number of rotatable bonds is 4. The number of anilines is 2. The zero-order valence-electron chi connectivity index (χ0n) is 16.2. The van der Waals surface area contributed by atoms with E-state index in [2.05, 4.69) is 68.0 Å². The van der Waals surface area contributed by atoms with Gasteiger partial charge in [-0.15, -0.1) is 0 Å². The topological polar surface area (TPSA) is 32.3 Å². The summed E-state index contributed by atoms with van der Waals surface area (Å²) in [6.07, 6.45) is 0. The van der Waals surface area contributed by atoms with Crippen molar-refractivity contribution in [2.75, 3.05) is 16.2 Å². The number of amides is 1. The Balaban J connectivity index is 1.72. The summed E-state index contributed by atoms with van der Waals surface area (Å²) in [6.45, 7) is 9.38. The van der Waals surface area contributed by atoms with Gasteiger partial charge in [-0.2, -0.15) is 0 Å². The van der Waals surface area contributed by atoms with Gasteiger partial charge in [0.25, 0.3) is 5.91 Å². The molecule has 4 heteroatoms. The first-order valence-corrected chi connectivity index (χ1v) is 10.1. The third-order valence-corrected chi connectivity index (χ3v) is 5.97. The van der Waals surface area contributed by atoms with E-state index in [1.165, 1.54) is 5.56 Å². The van der Waals surface area contributed by atoms with E-state index in [4.69, 9.17) is 0 Å². The molecule has 0 saturated carbocycles. The molecule has 0 aliphatic carbocycles. The van der Waals surface area contributed by atoms with Crippen molar-refractivity contribution in [2.45, 2.75) is 38.0 Å². The zero-order valence-corrected chi connectivity index (χ0v) is 17.0. The smallest absolute Gasteiger partial charge is 0.258 e.